The topological polar surface area (TPSA) is 63.4 Å². The summed E-state index contributed by atoms with van der Waals surface area (Å²) in [6, 6.07) is 24.1. The van der Waals surface area contributed by atoms with Crippen molar-refractivity contribution in [3.05, 3.63) is 90.6 Å². The van der Waals surface area contributed by atoms with Crippen molar-refractivity contribution in [1.29, 1.82) is 0 Å². The number of sulfonamides is 1. The number of hydrogen-bond acceptors (Lipinski definition) is 4. The van der Waals surface area contributed by atoms with Crippen molar-refractivity contribution >= 4 is 15.7 Å². The van der Waals surface area contributed by atoms with Gasteiger partial charge in [0.25, 0.3) is 10.0 Å². The van der Waals surface area contributed by atoms with E-state index in [4.69, 9.17) is 4.42 Å². The van der Waals surface area contributed by atoms with Gasteiger partial charge in [-0.15, -0.1) is 0 Å². The molecular formula is C24H20N2O3S. The molecule has 1 aromatic heterocycles. The molecule has 0 unspecified atom stereocenters. The zero-order chi connectivity index (χ0) is 20.6. The fraction of sp³-hybridized carbons (Fsp3) is 0.125. The normalized spacial score (nSPS) is 13.8. The van der Waals surface area contributed by atoms with Crippen molar-refractivity contribution in [3.8, 4) is 22.8 Å². The lowest BCUT2D eigenvalue weighted by Crippen LogP contribution is -2.35. The molecule has 0 fully saturated rings. The van der Waals surface area contributed by atoms with Gasteiger partial charge >= 0.3 is 0 Å². The van der Waals surface area contributed by atoms with Crippen LogP contribution in [0.25, 0.3) is 22.8 Å². The minimum Gasteiger partial charge on any atom is -0.436 e. The summed E-state index contributed by atoms with van der Waals surface area (Å²) in [6.07, 6.45) is 3.39. The summed E-state index contributed by atoms with van der Waals surface area (Å²) in [6.45, 7) is 0.487. The standard InChI is InChI=1S/C24H20N2O3S/c27-30(28,26-16-6-10-18-7-4-5-11-22(18)26)21-14-12-20(13-15-21)24-25-17-23(29-24)19-8-2-1-3-9-19/h1-5,7-9,11-15,17H,6,10,16H2. The lowest BCUT2D eigenvalue weighted by molar-refractivity contribution is 0.585. The van der Waals surface area contributed by atoms with Gasteiger partial charge in [0, 0.05) is 17.7 Å². The van der Waals surface area contributed by atoms with E-state index >= 15 is 0 Å². The van der Waals surface area contributed by atoms with E-state index in [0.717, 1.165) is 35.2 Å². The molecule has 30 heavy (non-hydrogen) atoms. The Hall–Kier alpha value is -3.38. The first-order chi connectivity index (χ1) is 14.6. The van der Waals surface area contributed by atoms with E-state index < -0.39 is 10.0 Å². The maximum absolute atomic E-state index is 13.3. The van der Waals surface area contributed by atoms with Crippen LogP contribution in [0.1, 0.15) is 12.0 Å². The summed E-state index contributed by atoms with van der Waals surface area (Å²) in [5.74, 6) is 1.13. The van der Waals surface area contributed by atoms with Crippen LogP contribution in [0.15, 0.2) is 94.4 Å². The first-order valence-electron chi connectivity index (χ1n) is 9.85. The maximum atomic E-state index is 13.3. The summed E-state index contributed by atoms with van der Waals surface area (Å²) in [4.78, 5) is 4.61. The monoisotopic (exact) mass is 416 g/mol. The average molecular weight is 417 g/mol. The van der Waals surface area contributed by atoms with Gasteiger partial charge < -0.3 is 4.42 Å². The molecule has 4 aromatic rings. The Balaban J connectivity index is 1.44. The molecule has 3 aromatic carbocycles. The molecule has 5 rings (SSSR count). The highest BCUT2D eigenvalue weighted by Crippen LogP contribution is 2.33. The van der Waals surface area contributed by atoms with Crippen LogP contribution in [0.5, 0.6) is 0 Å². The van der Waals surface area contributed by atoms with Crippen molar-refractivity contribution in [2.75, 3.05) is 10.8 Å². The van der Waals surface area contributed by atoms with Crippen molar-refractivity contribution < 1.29 is 12.8 Å². The smallest absolute Gasteiger partial charge is 0.264 e. The highest BCUT2D eigenvalue weighted by molar-refractivity contribution is 7.92. The van der Waals surface area contributed by atoms with E-state index in [1.807, 2.05) is 54.6 Å². The number of rotatable bonds is 4. The number of anilines is 1. The van der Waals surface area contributed by atoms with Gasteiger partial charge in [-0.05, 0) is 48.7 Å². The predicted molar refractivity (Wildman–Crippen MR) is 117 cm³/mol. The van der Waals surface area contributed by atoms with Gasteiger partial charge in [0.05, 0.1) is 16.8 Å². The quantitative estimate of drug-likeness (QED) is 0.462. The number of para-hydroxylation sites is 1. The summed E-state index contributed by atoms with van der Waals surface area (Å²) in [7, 11) is -3.63. The summed E-state index contributed by atoms with van der Waals surface area (Å²) >= 11 is 0. The van der Waals surface area contributed by atoms with Gasteiger partial charge in [-0.25, -0.2) is 13.4 Å². The van der Waals surface area contributed by atoms with E-state index in [1.54, 1.807) is 30.5 Å². The van der Waals surface area contributed by atoms with Crippen molar-refractivity contribution in [2.24, 2.45) is 0 Å². The molecule has 6 heteroatoms. The van der Waals surface area contributed by atoms with Gasteiger partial charge in [-0.2, -0.15) is 0 Å². The minimum atomic E-state index is -3.63. The first-order valence-corrected chi connectivity index (χ1v) is 11.3. The van der Waals surface area contributed by atoms with Crippen LogP contribution in [-0.4, -0.2) is 19.9 Å². The summed E-state index contributed by atoms with van der Waals surface area (Å²) < 4.78 is 33.9. The minimum absolute atomic E-state index is 0.262. The lowest BCUT2D eigenvalue weighted by atomic mass is 10.0. The molecule has 2 heterocycles. The van der Waals surface area contributed by atoms with Gasteiger partial charge in [0.1, 0.15) is 0 Å². The van der Waals surface area contributed by atoms with Crippen molar-refractivity contribution in [3.63, 3.8) is 0 Å². The molecule has 0 aliphatic carbocycles. The van der Waals surface area contributed by atoms with Gasteiger partial charge in [-0.1, -0.05) is 48.5 Å². The number of fused-ring (bicyclic) bond motifs is 1. The molecule has 1 aliphatic heterocycles. The number of aromatic nitrogens is 1. The number of hydrogen-bond donors (Lipinski definition) is 0. The largest absolute Gasteiger partial charge is 0.436 e. The highest BCUT2D eigenvalue weighted by Gasteiger charge is 2.28. The number of aryl methyl sites for hydroxylation is 1. The Morgan fingerprint density at radius 2 is 1.57 bits per heavy atom. The fourth-order valence-corrected chi connectivity index (χ4v) is 5.33. The average Bonchev–Trinajstić information content (AvgIpc) is 3.30. The van der Waals surface area contributed by atoms with E-state index in [1.165, 1.54) is 4.31 Å². The van der Waals surface area contributed by atoms with Crippen molar-refractivity contribution in [1.82, 2.24) is 4.98 Å². The zero-order valence-electron chi connectivity index (χ0n) is 16.2. The zero-order valence-corrected chi connectivity index (χ0v) is 17.0. The second-order valence-corrected chi connectivity index (χ2v) is 9.09. The van der Waals surface area contributed by atoms with Crippen molar-refractivity contribution in [2.45, 2.75) is 17.7 Å². The molecule has 0 amide bonds. The summed E-state index contributed by atoms with van der Waals surface area (Å²) in [5, 5.41) is 0. The van der Waals surface area contributed by atoms with Crippen LogP contribution in [0.4, 0.5) is 5.69 Å². The number of benzene rings is 3. The van der Waals surface area contributed by atoms with Crippen LogP contribution in [0.2, 0.25) is 0 Å². The molecule has 0 bridgehead atoms. The van der Waals surface area contributed by atoms with Crippen LogP contribution in [0, 0.1) is 0 Å². The molecule has 0 spiro atoms. The van der Waals surface area contributed by atoms with E-state index in [0.29, 0.717) is 18.2 Å². The van der Waals surface area contributed by atoms with Gasteiger partial charge in [0.15, 0.2) is 5.76 Å². The molecule has 0 saturated carbocycles. The van der Waals surface area contributed by atoms with Crippen LogP contribution >= 0.6 is 0 Å². The molecule has 0 saturated heterocycles. The molecule has 0 N–H and O–H groups in total. The Morgan fingerprint density at radius 1 is 0.833 bits per heavy atom. The number of nitrogens with zero attached hydrogens (tertiary/aromatic N) is 2. The molecule has 1 aliphatic rings. The second-order valence-electron chi connectivity index (χ2n) is 7.23. The van der Waals surface area contributed by atoms with E-state index in [9.17, 15) is 8.42 Å². The number of oxazole rings is 1. The molecule has 150 valence electrons. The molecular weight excluding hydrogens is 396 g/mol. The molecule has 0 radical (unpaired) electrons. The Bertz CT molecular complexity index is 1280. The lowest BCUT2D eigenvalue weighted by Gasteiger charge is -2.30. The third-order valence-electron chi connectivity index (χ3n) is 5.32. The maximum Gasteiger partial charge on any atom is 0.264 e. The van der Waals surface area contributed by atoms with E-state index in [-0.39, 0.29) is 4.90 Å². The predicted octanol–water partition coefficient (Wildman–Crippen LogP) is 5.15. The highest BCUT2D eigenvalue weighted by atomic mass is 32.2. The van der Waals surface area contributed by atoms with Crippen LogP contribution < -0.4 is 4.31 Å². The third kappa shape index (κ3) is 3.29. The SMILES string of the molecule is O=S(=O)(c1ccc(-c2ncc(-c3ccccc3)o2)cc1)N1CCCc2ccccc21. The molecule has 5 nitrogen and oxygen atoms in total. The third-order valence-corrected chi connectivity index (χ3v) is 7.15. The van der Waals surface area contributed by atoms with Crippen LogP contribution in [0.3, 0.4) is 0 Å². The Morgan fingerprint density at radius 3 is 2.37 bits per heavy atom. The Labute approximate surface area is 175 Å². The van der Waals surface area contributed by atoms with Gasteiger partial charge in [-0.3, -0.25) is 4.31 Å². The second kappa shape index (κ2) is 7.46. The van der Waals surface area contributed by atoms with E-state index in [2.05, 4.69) is 4.98 Å². The Kier molecular flexibility index (Phi) is 4.64. The first kappa shape index (κ1) is 18.6. The van der Waals surface area contributed by atoms with Crippen LogP contribution in [-0.2, 0) is 16.4 Å². The summed E-state index contributed by atoms with van der Waals surface area (Å²) in [5.41, 5.74) is 3.51. The van der Waals surface area contributed by atoms with Gasteiger partial charge in [0.2, 0.25) is 5.89 Å². The fourth-order valence-electron chi connectivity index (χ4n) is 3.79. The molecule has 0 atom stereocenters.